The Hall–Kier alpha value is -1.20. The van der Waals surface area contributed by atoms with Crippen LogP contribution in [0.25, 0.3) is 0 Å². The second-order valence-corrected chi connectivity index (χ2v) is 5.40. The van der Waals surface area contributed by atoms with Crippen molar-refractivity contribution in [3.05, 3.63) is 34.9 Å². The standard InChI is InChI=1S/C13H16ClNO3S/c14-11-4-2-1-3-10(11)5-7-15-12(16)6-8-19-9-13(17)18/h1-4H,5-9H2,(H,15,16)(H,17,18). The van der Waals surface area contributed by atoms with Crippen LogP contribution in [0.5, 0.6) is 0 Å². The lowest BCUT2D eigenvalue weighted by atomic mass is 10.1. The third-order valence-corrected chi connectivity index (χ3v) is 3.69. The van der Waals surface area contributed by atoms with Crippen LogP contribution >= 0.6 is 23.4 Å². The van der Waals surface area contributed by atoms with Gasteiger partial charge in [0.1, 0.15) is 0 Å². The summed E-state index contributed by atoms with van der Waals surface area (Å²) in [5.41, 5.74) is 1.00. The maximum Gasteiger partial charge on any atom is 0.313 e. The normalized spacial score (nSPS) is 10.2. The highest BCUT2D eigenvalue weighted by Crippen LogP contribution is 2.14. The first-order valence-corrected chi connectivity index (χ1v) is 7.42. The number of hydrogen-bond donors (Lipinski definition) is 2. The van der Waals surface area contributed by atoms with E-state index >= 15 is 0 Å². The quantitative estimate of drug-likeness (QED) is 0.723. The van der Waals surface area contributed by atoms with Crippen LogP contribution in [-0.2, 0) is 16.0 Å². The lowest BCUT2D eigenvalue weighted by molar-refractivity contribution is -0.134. The third kappa shape index (κ3) is 7.08. The Morgan fingerprint density at radius 2 is 2.05 bits per heavy atom. The molecule has 1 rings (SSSR count). The molecule has 0 saturated heterocycles. The van der Waals surface area contributed by atoms with Gasteiger partial charge in [-0.3, -0.25) is 9.59 Å². The minimum Gasteiger partial charge on any atom is -0.481 e. The van der Waals surface area contributed by atoms with Crippen molar-refractivity contribution in [2.45, 2.75) is 12.8 Å². The zero-order valence-electron chi connectivity index (χ0n) is 10.4. The topological polar surface area (TPSA) is 66.4 Å². The van der Waals surface area contributed by atoms with Gasteiger partial charge in [0, 0.05) is 23.7 Å². The van der Waals surface area contributed by atoms with Crippen molar-refractivity contribution in [3.63, 3.8) is 0 Å². The molecule has 0 bridgehead atoms. The second kappa shape index (κ2) is 8.82. The van der Waals surface area contributed by atoms with Crippen molar-refractivity contribution in [3.8, 4) is 0 Å². The number of thioether (sulfide) groups is 1. The first kappa shape index (κ1) is 15.9. The van der Waals surface area contributed by atoms with Crippen LogP contribution in [0.1, 0.15) is 12.0 Å². The number of carbonyl (C=O) groups is 2. The molecule has 6 heteroatoms. The summed E-state index contributed by atoms with van der Waals surface area (Å²) in [6.45, 7) is 0.534. The molecule has 4 nitrogen and oxygen atoms in total. The molecule has 1 amide bonds. The summed E-state index contributed by atoms with van der Waals surface area (Å²) in [7, 11) is 0. The highest BCUT2D eigenvalue weighted by Gasteiger charge is 2.04. The van der Waals surface area contributed by atoms with E-state index in [1.807, 2.05) is 24.3 Å². The van der Waals surface area contributed by atoms with Crippen LogP contribution in [-0.4, -0.2) is 35.0 Å². The molecular weight excluding hydrogens is 286 g/mol. The number of rotatable bonds is 8. The smallest absolute Gasteiger partial charge is 0.313 e. The van der Waals surface area contributed by atoms with Gasteiger partial charge in [-0.2, -0.15) is 0 Å². The van der Waals surface area contributed by atoms with Crippen molar-refractivity contribution in [1.82, 2.24) is 5.32 Å². The van der Waals surface area contributed by atoms with Crippen molar-refractivity contribution in [2.75, 3.05) is 18.1 Å². The van der Waals surface area contributed by atoms with Gasteiger partial charge < -0.3 is 10.4 Å². The van der Waals surface area contributed by atoms with E-state index in [1.54, 1.807) is 0 Å². The number of carboxylic acids is 1. The lowest BCUT2D eigenvalue weighted by Crippen LogP contribution is -2.26. The van der Waals surface area contributed by atoms with Gasteiger partial charge in [0.2, 0.25) is 5.91 Å². The first-order valence-electron chi connectivity index (χ1n) is 5.89. The highest BCUT2D eigenvalue weighted by atomic mass is 35.5. The van der Waals surface area contributed by atoms with E-state index in [4.69, 9.17) is 16.7 Å². The summed E-state index contributed by atoms with van der Waals surface area (Å²) in [6, 6.07) is 7.52. The molecule has 2 N–H and O–H groups in total. The van der Waals surface area contributed by atoms with Gasteiger partial charge in [0.15, 0.2) is 0 Å². The maximum absolute atomic E-state index is 11.5. The Labute approximate surface area is 121 Å². The fourth-order valence-electron chi connectivity index (χ4n) is 1.45. The number of amides is 1. The van der Waals surface area contributed by atoms with E-state index in [0.29, 0.717) is 30.2 Å². The van der Waals surface area contributed by atoms with Gasteiger partial charge in [-0.25, -0.2) is 0 Å². The fourth-order valence-corrected chi connectivity index (χ4v) is 2.33. The Bertz CT molecular complexity index is 440. The highest BCUT2D eigenvalue weighted by molar-refractivity contribution is 7.99. The molecule has 0 radical (unpaired) electrons. The molecule has 0 atom stereocenters. The van der Waals surface area contributed by atoms with Crippen LogP contribution in [0, 0.1) is 0 Å². The maximum atomic E-state index is 11.5. The summed E-state index contributed by atoms with van der Waals surface area (Å²) >= 11 is 7.24. The van der Waals surface area contributed by atoms with E-state index < -0.39 is 5.97 Å². The summed E-state index contributed by atoms with van der Waals surface area (Å²) < 4.78 is 0. The van der Waals surface area contributed by atoms with Crippen molar-refractivity contribution in [2.24, 2.45) is 0 Å². The zero-order valence-corrected chi connectivity index (χ0v) is 12.0. The first-order chi connectivity index (χ1) is 9.09. The molecule has 19 heavy (non-hydrogen) atoms. The summed E-state index contributed by atoms with van der Waals surface area (Å²) in [5, 5.41) is 11.9. The van der Waals surface area contributed by atoms with Gasteiger partial charge in [0.05, 0.1) is 5.75 Å². The average molecular weight is 302 g/mol. The minimum absolute atomic E-state index is 0.0346. The molecule has 0 fully saturated rings. The van der Waals surface area contributed by atoms with Gasteiger partial charge in [-0.15, -0.1) is 11.8 Å². The van der Waals surface area contributed by atoms with E-state index in [-0.39, 0.29) is 11.7 Å². The molecular formula is C13H16ClNO3S. The average Bonchev–Trinajstić information content (AvgIpc) is 2.37. The van der Waals surface area contributed by atoms with Gasteiger partial charge in [0.25, 0.3) is 0 Å². The Morgan fingerprint density at radius 1 is 1.32 bits per heavy atom. The molecule has 104 valence electrons. The van der Waals surface area contributed by atoms with Crippen molar-refractivity contribution < 1.29 is 14.7 Å². The predicted octanol–water partition coefficient (Wildman–Crippen LogP) is 2.21. The summed E-state index contributed by atoms with van der Waals surface area (Å²) in [5.74, 6) is -0.369. The van der Waals surface area contributed by atoms with Gasteiger partial charge in [-0.1, -0.05) is 29.8 Å². The van der Waals surface area contributed by atoms with Gasteiger partial charge in [-0.05, 0) is 18.1 Å². The molecule has 0 aromatic heterocycles. The summed E-state index contributed by atoms with van der Waals surface area (Å²) in [4.78, 5) is 21.7. The number of carboxylic acid groups (broad SMARTS) is 1. The van der Waals surface area contributed by atoms with Crippen molar-refractivity contribution >= 4 is 35.2 Å². The van der Waals surface area contributed by atoms with Crippen LogP contribution in [0.15, 0.2) is 24.3 Å². The number of hydrogen-bond acceptors (Lipinski definition) is 3. The monoisotopic (exact) mass is 301 g/mol. The molecule has 0 aliphatic rings. The molecule has 0 spiro atoms. The Balaban J connectivity index is 2.14. The van der Waals surface area contributed by atoms with E-state index in [2.05, 4.69) is 5.32 Å². The molecule has 0 heterocycles. The van der Waals surface area contributed by atoms with Crippen LogP contribution in [0.2, 0.25) is 5.02 Å². The Morgan fingerprint density at radius 3 is 2.74 bits per heavy atom. The van der Waals surface area contributed by atoms with E-state index in [1.165, 1.54) is 11.8 Å². The lowest BCUT2D eigenvalue weighted by Gasteiger charge is -2.06. The van der Waals surface area contributed by atoms with Crippen LogP contribution < -0.4 is 5.32 Å². The predicted molar refractivity (Wildman–Crippen MR) is 77.7 cm³/mol. The van der Waals surface area contributed by atoms with Gasteiger partial charge >= 0.3 is 5.97 Å². The number of benzene rings is 1. The molecule has 0 aliphatic heterocycles. The molecule has 1 aromatic carbocycles. The second-order valence-electron chi connectivity index (χ2n) is 3.89. The summed E-state index contributed by atoms with van der Waals surface area (Å²) in [6.07, 6.45) is 1.02. The fraction of sp³-hybridized carbons (Fsp3) is 0.385. The molecule has 1 aromatic rings. The van der Waals surface area contributed by atoms with E-state index in [0.717, 1.165) is 5.56 Å². The third-order valence-electron chi connectivity index (χ3n) is 2.37. The molecule has 0 saturated carbocycles. The van der Waals surface area contributed by atoms with E-state index in [9.17, 15) is 9.59 Å². The molecule has 0 unspecified atom stereocenters. The van der Waals surface area contributed by atoms with Crippen LogP contribution in [0.3, 0.4) is 0 Å². The SMILES string of the molecule is O=C(O)CSCCC(=O)NCCc1ccccc1Cl. The zero-order chi connectivity index (χ0) is 14.1. The number of nitrogens with one attached hydrogen (secondary N) is 1. The number of halogens is 1. The molecule has 0 aliphatic carbocycles. The minimum atomic E-state index is -0.857. The largest absolute Gasteiger partial charge is 0.481 e. The Kier molecular flexibility index (Phi) is 7.36. The number of carbonyl (C=O) groups excluding carboxylic acids is 1. The van der Waals surface area contributed by atoms with Crippen molar-refractivity contribution in [1.29, 1.82) is 0 Å². The van der Waals surface area contributed by atoms with Crippen LogP contribution in [0.4, 0.5) is 0 Å². The number of aliphatic carboxylic acids is 1.